The Morgan fingerprint density at radius 2 is 1.88 bits per heavy atom. The predicted octanol–water partition coefficient (Wildman–Crippen LogP) is 4.16. The molecule has 0 amide bonds. The van der Waals surface area contributed by atoms with Crippen molar-refractivity contribution in [3.05, 3.63) is 12.2 Å². The molecule has 0 aromatic heterocycles. The Balaban J connectivity index is 1.84. The Morgan fingerprint density at radius 1 is 1.12 bits per heavy atom. The van der Waals surface area contributed by atoms with E-state index >= 15 is 0 Å². The standard InChI is InChI=1S/C14H24O2/c15-14(16)12-8-3-1-2-5-9-13-10-6-4-7-11-13/h4,6,13H,1-3,5,7-12H2,(H,15,16). The molecule has 0 bridgehead atoms. The average Bonchev–Trinajstić information content (AvgIpc) is 2.29. The summed E-state index contributed by atoms with van der Waals surface area (Å²) >= 11 is 0. The molecule has 0 aromatic carbocycles. The summed E-state index contributed by atoms with van der Waals surface area (Å²) in [6.45, 7) is 0. The fourth-order valence-corrected chi connectivity index (χ4v) is 2.36. The van der Waals surface area contributed by atoms with E-state index in [9.17, 15) is 4.79 Å². The number of allylic oxidation sites excluding steroid dienone is 2. The molecular weight excluding hydrogens is 200 g/mol. The monoisotopic (exact) mass is 224 g/mol. The van der Waals surface area contributed by atoms with Crippen molar-refractivity contribution in [3.63, 3.8) is 0 Å². The van der Waals surface area contributed by atoms with Crippen LogP contribution in [0, 0.1) is 5.92 Å². The minimum Gasteiger partial charge on any atom is -0.481 e. The van der Waals surface area contributed by atoms with Crippen molar-refractivity contribution in [2.75, 3.05) is 0 Å². The number of unbranched alkanes of at least 4 members (excludes halogenated alkanes) is 4. The lowest BCUT2D eigenvalue weighted by molar-refractivity contribution is -0.137. The molecule has 0 aliphatic heterocycles. The van der Waals surface area contributed by atoms with Gasteiger partial charge in [0, 0.05) is 6.42 Å². The highest BCUT2D eigenvalue weighted by Gasteiger charge is 2.08. The molecule has 0 spiro atoms. The molecular formula is C14H24O2. The Kier molecular flexibility index (Phi) is 6.95. The maximum Gasteiger partial charge on any atom is 0.303 e. The minimum atomic E-state index is -0.658. The third-order valence-corrected chi connectivity index (χ3v) is 3.38. The lowest BCUT2D eigenvalue weighted by atomic mass is 9.89. The molecule has 1 N–H and O–H groups in total. The first-order valence-electron chi connectivity index (χ1n) is 6.66. The molecule has 2 heteroatoms. The summed E-state index contributed by atoms with van der Waals surface area (Å²) in [6, 6.07) is 0. The van der Waals surface area contributed by atoms with Crippen LogP contribution < -0.4 is 0 Å². The highest BCUT2D eigenvalue weighted by Crippen LogP contribution is 2.23. The summed E-state index contributed by atoms with van der Waals surface area (Å²) in [7, 11) is 0. The molecule has 0 radical (unpaired) electrons. The third-order valence-electron chi connectivity index (χ3n) is 3.38. The van der Waals surface area contributed by atoms with Gasteiger partial charge in [0.05, 0.1) is 0 Å². The lowest BCUT2D eigenvalue weighted by Crippen LogP contribution is -2.02. The molecule has 2 nitrogen and oxygen atoms in total. The van der Waals surface area contributed by atoms with Crippen LogP contribution in [-0.4, -0.2) is 11.1 Å². The van der Waals surface area contributed by atoms with E-state index in [1.165, 1.54) is 44.9 Å². The Morgan fingerprint density at radius 3 is 2.56 bits per heavy atom. The van der Waals surface area contributed by atoms with Gasteiger partial charge in [-0.15, -0.1) is 0 Å². The molecule has 1 aliphatic rings. The maximum atomic E-state index is 10.3. The zero-order valence-electron chi connectivity index (χ0n) is 10.2. The fraction of sp³-hybridized carbons (Fsp3) is 0.786. The second-order valence-electron chi connectivity index (χ2n) is 4.85. The first-order chi connectivity index (χ1) is 7.79. The van der Waals surface area contributed by atoms with Crippen LogP contribution >= 0.6 is 0 Å². The quantitative estimate of drug-likeness (QED) is 0.496. The molecule has 1 rings (SSSR count). The second-order valence-corrected chi connectivity index (χ2v) is 4.85. The molecule has 0 saturated carbocycles. The van der Waals surface area contributed by atoms with Gasteiger partial charge in [-0.25, -0.2) is 0 Å². The summed E-state index contributed by atoms with van der Waals surface area (Å²) < 4.78 is 0. The van der Waals surface area contributed by atoms with E-state index in [4.69, 9.17) is 5.11 Å². The summed E-state index contributed by atoms with van der Waals surface area (Å²) in [6.07, 6.45) is 16.0. The van der Waals surface area contributed by atoms with Gasteiger partial charge in [0.1, 0.15) is 0 Å². The van der Waals surface area contributed by atoms with Crippen molar-refractivity contribution in [1.29, 1.82) is 0 Å². The molecule has 0 fully saturated rings. The van der Waals surface area contributed by atoms with Crippen molar-refractivity contribution in [1.82, 2.24) is 0 Å². The maximum absolute atomic E-state index is 10.3. The Labute approximate surface area is 98.7 Å². The van der Waals surface area contributed by atoms with Crippen molar-refractivity contribution >= 4 is 5.97 Å². The number of hydrogen-bond donors (Lipinski definition) is 1. The van der Waals surface area contributed by atoms with Gasteiger partial charge in [0.25, 0.3) is 0 Å². The first kappa shape index (κ1) is 13.3. The van der Waals surface area contributed by atoms with Crippen LogP contribution in [0.5, 0.6) is 0 Å². The zero-order chi connectivity index (χ0) is 11.6. The van der Waals surface area contributed by atoms with Crippen LogP contribution in [0.3, 0.4) is 0 Å². The largest absolute Gasteiger partial charge is 0.481 e. The van der Waals surface area contributed by atoms with E-state index in [1.54, 1.807) is 0 Å². The molecule has 0 heterocycles. The molecule has 1 atom stereocenters. The van der Waals surface area contributed by atoms with E-state index in [0.717, 1.165) is 18.8 Å². The average molecular weight is 224 g/mol. The number of hydrogen-bond acceptors (Lipinski definition) is 1. The van der Waals surface area contributed by atoms with Crippen LogP contribution in [0.4, 0.5) is 0 Å². The van der Waals surface area contributed by atoms with Crippen LogP contribution in [0.1, 0.15) is 64.2 Å². The van der Waals surface area contributed by atoms with Gasteiger partial charge in [-0.05, 0) is 31.6 Å². The van der Waals surface area contributed by atoms with Crippen LogP contribution in [0.25, 0.3) is 0 Å². The summed E-state index contributed by atoms with van der Waals surface area (Å²) in [5.41, 5.74) is 0. The minimum absolute atomic E-state index is 0.341. The van der Waals surface area contributed by atoms with Gasteiger partial charge in [-0.1, -0.05) is 44.3 Å². The lowest BCUT2D eigenvalue weighted by Gasteiger charge is -2.17. The molecule has 1 aliphatic carbocycles. The number of rotatable bonds is 8. The van der Waals surface area contributed by atoms with Crippen molar-refractivity contribution in [3.8, 4) is 0 Å². The van der Waals surface area contributed by atoms with Crippen LogP contribution in [0.2, 0.25) is 0 Å². The van der Waals surface area contributed by atoms with Crippen molar-refractivity contribution in [2.45, 2.75) is 64.2 Å². The van der Waals surface area contributed by atoms with E-state index < -0.39 is 5.97 Å². The Hall–Kier alpha value is -0.790. The third kappa shape index (κ3) is 6.65. The van der Waals surface area contributed by atoms with Gasteiger partial charge < -0.3 is 5.11 Å². The van der Waals surface area contributed by atoms with E-state index in [2.05, 4.69) is 12.2 Å². The Bertz CT molecular complexity index is 221. The molecule has 0 aromatic rings. The number of aliphatic carboxylic acids is 1. The van der Waals surface area contributed by atoms with Gasteiger partial charge in [0.15, 0.2) is 0 Å². The molecule has 16 heavy (non-hydrogen) atoms. The van der Waals surface area contributed by atoms with E-state index in [1.807, 2.05) is 0 Å². The summed E-state index contributed by atoms with van der Waals surface area (Å²) in [5, 5.41) is 8.48. The van der Waals surface area contributed by atoms with Gasteiger partial charge in [0.2, 0.25) is 0 Å². The van der Waals surface area contributed by atoms with Crippen molar-refractivity contribution < 1.29 is 9.90 Å². The zero-order valence-corrected chi connectivity index (χ0v) is 10.2. The number of carbonyl (C=O) groups is 1. The number of carboxylic acids is 1. The highest BCUT2D eigenvalue weighted by molar-refractivity contribution is 5.66. The molecule has 1 unspecified atom stereocenters. The SMILES string of the molecule is O=C(O)CCCCCCCC1CC=CCC1. The normalized spacial score (nSPS) is 19.9. The summed E-state index contributed by atoms with van der Waals surface area (Å²) in [5.74, 6) is 0.262. The second kappa shape index (κ2) is 8.37. The highest BCUT2D eigenvalue weighted by atomic mass is 16.4. The van der Waals surface area contributed by atoms with Crippen LogP contribution in [-0.2, 0) is 4.79 Å². The van der Waals surface area contributed by atoms with Gasteiger partial charge >= 0.3 is 5.97 Å². The van der Waals surface area contributed by atoms with Gasteiger partial charge in [-0.2, -0.15) is 0 Å². The molecule has 0 saturated heterocycles. The van der Waals surface area contributed by atoms with E-state index in [0.29, 0.717) is 6.42 Å². The van der Waals surface area contributed by atoms with Crippen molar-refractivity contribution in [2.24, 2.45) is 5.92 Å². The van der Waals surface area contributed by atoms with Crippen LogP contribution in [0.15, 0.2) is 12.2 Å². The molecule has 92 valence electrons. The fourth-order valence-electron chi connectivity index (χ4n) is 2.36. The number of carboxylic acid groups (broad SMARTS) is 1. The van der Waals surface area contributed by atoms with E-state index in [-0.39, 0.29) is 0 Å². The smallest absolute Gasteiger partial charge is 0.303 e. The predicted molar refractivity (Wildman–Crippen MR) is 66.4 cm³/mol. The van der Waals surface area contributed by atoms with Gasteiger partial charge in [-0.3, -0.25) is 4.79 Å². The summed E-state index contributed by atoms with van der Waals surface area (Å²) in [4.78, 5) is 10.3. The topological polar surface area (TPSA) is 37.3 Å². The first-order valence-corrected chi connectivity index (χ1v) is 6.66.